The molecule has 0 spiro atoms. The first-order valence-electron chi connectivity index (χ1n) is 17.2. The molecule has 7 atom stereocenters. The van der Waals surface area contributed by atoms with Gasteiger partial charge in [0, 0.05) is 13.1 Å². The van der Waals surface area contributed by atoms with E-state index in [0.29, 0.717) is 44.9 Å². The van der Waals surface area contributed by atoms with Crippen LogP contribution in [0.2, 0.25) is 0 Å². The van der Waals surface area contributed by atoms with Crippen LogP contribution in [0.25, 0.3) is 0 Å². The summed E-state index contributed by atoms with van der Waals surface area (Å²) in [5, 5.41) is 12.4. The normalized spacial score (nSPS) is 17.5. The Bertz CT molecular complexity index is 1270. The van der Waals surface area contributed by atoms with E-state index in [9.17, 15) is 38.4 Å². The molecule has 1 fully saturated rings. The van der Waals surface area contributed by atoms with Crippen molar-refractivity contribution in [2.45, 2.75) is 116 Å². The standard InChI is InChI=1S/C32H57N11O8/c1-6-18(4)26(30(50)38-15-25(46)40-20(16-44)9-7-11-37-32(35)36)42-27(47)19(5)39-28(48)22(14-24(34)45)41-29(49)23-10-8-12-43(23)31(51)21(33)13-17(2)3/h16-23,26H,6-15,33H2,1-5H3,(H2,34,45)(H,38,50)(H,39,48)(H,40,46)(H,41,49)(H,42,47)(H4,35,36,37)/t18-,19-,20-,21-,22-,23-,26-/m0/s1. The second kappa shape index (κ2) is 22.1. The number of nitrogens with one attached hydrogen (secondary N) is 5. The van der Waals surface area contributed by atoms with Crippen LogP contribution >= 0.6 is 0 Å². The van der Waals surface area contributed by atoms with E-state index < -0.39 is 90.6 Å². The lowest BCUT2D eigenvalue weighted by Crippen LogP contribution is -2.59. The highest BCUT2D eigenvalue weighted by molar-refractivity contribution is 5.98. The van der Waals surface area contributed by atoms with Crippen LogP contribution in [0.1, 0.15) is 79.6 Å². The second-order valence-corrected chi connectivity index (χ2v) is 13.2. The van der Waals surface area contributed by atoms with Gasteiger partial charge >= 0.3 is 0 Å². The Morgan fingerprint density at radius 2 is 1.59 bits per heavy atom. The van der Waals surface area contributed by atoms with Crippen molar-refractivity contribution in [1.82, 2.24) is 31.5 Å². The number of carbonyl (C=O) groups excluding carboxylic acids is 8. The van der Waals surface area contributed by atoms with Gasteiger partial charge in [-0.15, -0.1) is 0 Å². The highest BCUT2D eigenvalue weighted by Gasteiger charge is 2.38. The van der Waals surface area contributed by atoms with Gasteiger partial charge in [0.2, 0.25) is 41.4 Å². The SMILES string of the molecule is CC[C@H](C)[C@H](NC(=O)[C@H](C)NC(=O)[C@H](CC(N)=O)NC(=O)[C@@H]1CCCN1C(=O)[C@@H](N)CC(C)C)C(=O)NCC(=O)N[C@H](C=O)CCCN=C(N)N. The third-order valence-corrected chi connectivity index (χ3v) is 8.37. The van der Waals surface area contributed by atoms with Gasteiger partial charge in [0.05, 0.1) is 25.0 Å². The van der Waals surface area contributed by atoms with Crippen molar-refractivity contribution in [3.63, 3.8) is 0 Å². The first-order valence-corrected chi connectivity index (χ1v) is 17.2. The van der Waals surface area contributed by atoms with Crippen LogP contribution < -0.4 is 49.5 Å². The number of hydrogen-bond acceptors (Lipinski definition) is 10. The molecular formula is C32H57N11O8. The van der Waals surface area contributed by atoms with Crippen molar-refractivity contribution in [3.8, 4) is 0 Å². The third-order valence-electron chi connectivity index (χ3n) is 8.37. The van der Waals surface area contributed by atoms with Crippen LogP contribution in [-0.2, 0) is 38.4 Å². The van der Waals surface area contributed by atoms with Crippen molar-refractivity contribution >= 4 is 53.6 Å². The molecule has 0 saturated carbocycles. The molecule has 0 bridgehead atoms. The fourth-order valence-electron chi connectivity index (χ4n) is 5.39. The minimum atomic E-state index is -1.46. The summed E-state index contributed by atoms with van der Waals surface area (Å²) in [6.45, 7) is 8.78. The summed E-state index contributed by atoms with van der Waals surface area (Å²) in [6.07, 6.45) is 2.43. The van der Waals surface area contributed by atoms with E-state index in [1.807, 2.05) is 13.8 Å². The number of guanidine groups is 1. The first kappa shape index (κ1) is 44.2. The molecule has 0 aliphatic carbocycles. The van der Waals surface area contributed by atoms with Crippen LogP contribution in [0.4, 0.5) is 0 Å². The summed E-state index contributed by atoms with van der Waals surface area (Å²) in [6, 6.07) is -6.33. The number of primary amides is 1. The molecule has 0 aromatic carbocycles. The Balaban J connectivity index is 2.86. The Labute approximate surface area is 298 Å². The van der Waals surface area contributed by atoms with E-state index in [2.05, 4.69) is 31.6 Å². The van der Waals surface area contributed by atoms with Crippen LogP contribution in [0, 0.1) is 11.8 Å². The quantitative estimate of drug-likeness (QED) is 0.0229. The molecule has 19 heteroatoms. The van der Waals surface area contributed by atoms with E-state index >= 15 is 0 Å². The number of carbonyl (C=O) groups is 8. The number of nitrogens with zero attached hydrogens (tertiary/aromatic N) is 2. The van der Waals surface area contributed by atoms with Crippen molar-refractivity contribution in [1.29, 1.82) is 0 Å². The lowest BCUT2D eigenvalue weighted by molar-refractivity contribution is -0.141. The number of likely N-dealkylation sites (tertiary alicyclic amines) is 1. The van der Waals surface area contributed by atoms with Crippen molar-refractivity contribution in [2.75, 3.05) is 19.6 Å². The number of rotatable bonds is 22. The van der Waals surface area contributed by atoms with Crippen molar-refractivity contribution < 1.29 is 38.4 Å². The van der Waals surface area contributed by atoms with Gasteiger partial charge in [-0.2, -0.15) is 0 Å². The van der Waals surface area contributed by atoms with E-state index in [1.54, 1.807) is 13.8 Å². The summed E-state index contributed by atoms with van der Waals surface area (Å²) in [7, 11) is 0. The first-order chi connectivity index (χ1) is 23.9. The van der Waals surface area contributed by atoms with Crippen LogP contribution in [0.3, 0.4) is 0 Å². The molecule has 0 aromatic rings. The molecule has 0 unspecified atom stereocenters. The molecule has 0 radical (unpaired) electrons. The monoisotopic (exact) mass is 723 g/mol. The Morgan fingerprint density at radius 3 is 2.16 bits per heavy atom. The Morgan fingerprint density at radius 1 is 0.922 bits per heavy atom. The topological polar surface area (TPSA) is 316 Å². The maximum atomic E-state index is 13.3. The lowest BCUT2D eigenvalue weighted by atomic mass is 9.98. The maximum Gasteiger partial charge on any atom is 0.243 e. The molecule has 1 heterocycles. The molecular weight excluding hydrogens is 666 g/mol. The van der Waals surface area contributed by atoms with Gasteiger partial charge < -0.3 is 59.2 Å². The van der Waals surface area contributed by atoms with Gasteiger partial charge in [0.25, 0.3) is 0 Å². The van der Waals surface area contributed by atoms with Gasteiger partial charge in [0.1, 0.15) is 30.5 Å². The molecule has 51 heavy (non-hydrogen) atoms. The van der Waals surface area contributed by atoms with Gasteiger partial charge in [-0.25, -0.2) is 0 Å². The number of nitrogens with two attached hydrogens (primary N) is 4. The van der Waals surface area contributed by atoms with Crippen LogP contribution in [0.5, 0.6) is 0 Å². The summed E-state index contributed by atoms with van der Waals surface area (Å²) in [4.78, 5) is 106. The molecule has 1 saturated heterocycles. The highest BCUT2D eigenvalue weighted by Crippen LogP contribution is 2.20. The van der Waals surface area contributed by atoms with Gasteiger partial charge in [0.15, 0.2) is 5.96 Å². The van der Waals surface area contributed by atoms with Gasteiger partial charge in [-0.3, -0.25) is 38.6 Å². The average Bonchev–Trinajstić information content (AvgIpc) is 3.55. The smallest absolute Gasteiger partial charge is 0.243 e. The number of aliphatic imine (C=N–C) groups is 1. The zero-order valence-electron chi connectivity index (χ0n) is 30.2. The predicted octanol–water partition coefficient (Wildman–Crippen LogP) is -3.40. The number of aldehydes is 1. The molecule has 1 aliphatic rings. The fraction of sp³-hybridized carbons (Fsp3) is 0.719. The molecule has 1 rings (SSSR count). The van der Waals surface area contributed by atoms with Crippen LogP contribution in [-0.4, -0.2) is 114 Å². The predicted molar refractivity (Wildman–Crippen MR) is 188 cm³/mol. The Hall–Kier alpha value is -4.81. The van der Waals surface area contributed by atoms with Crippen molar-refractivity contribution in [3.05, 3.63) is 0 Å². The molecule has 19 nitrogen and oxygen atoms in total. The maximum absolute atomic E-state index is 13.3. The fourth-order valence-corrected chi connectivity index (χ4v) is 5.39. The highest BCUT2D eigenvalue weighted by atomic mass is 16.2. The average molecular weight is 724 g/mol. The van der Waals surface area contributed by atoms with Gasteiger partial charge in [-0.1, -0.05) is 34.1 Å². The van der Waals surface area contributed by atoms with Crippen molar-refractivity contribution in [2.24, 2.45) is 39.8 Å². The second-order valence-electron chi connectivity index (χ2n) is 13.2. The lowest BCUT2D eigenvalue weighted by Gasteiger charge is -2.29. The number of hydrogen-bond donors (Lipinski definition) is 9. The summed E-state index contributed by atoms with van der Waals surface area (Å²) in [5.74, 6) is -5.24. The van der Waals surface area contributed by atoms with E-state index in [4.69, 9.17) is 22.9 Å². The largest absolute Gasteiger partial charge is 0.370 e. The Kier molecular flexibility index (Phi) is 19.2. The van der Waals surface area contributed by atoms with E-state index in [1.165, 1.54) is 11.8 Å². The molecule has 13 N–H and O–H groups in total. The minimum absolute atomic E-state index is 0.0928. The molecule has 0 aromatic heterocycles. The van der Waals surface area contributed by atoms with Gasteiger partial charge in [-0.05, 0) is 50.9 Å². The summed E-state index contributed by atoms with van der Waals surface area (Å²) in [5.41, 5.74) is 21.9. The number of amides is 7. The van der Waals surface area contributed by atoms with E-state index in [-0.39, 0.29) is 30.8 Å². The zero-order valence-corrected chi connectivity index (χ0v) is 30.2. The zero-order chi connectivity index (χ0) is 38.8. The molecule has 1 aliphatic heterocycles. The van der Waals surface area contributed by atoms with E-state index in [0.717, 1.165) is 0 Å². The van der Waals surface area contributed by atoms with Crippen LogP contribution in [0.15, 0.2) is 4.99 Å². The third kappa shape index (κ3) is 15.7. The summed E-state index contributed by atoms with van der Waals surface area (Å²) < 4.78 is 0. The summed E-state index contributed by atoms with van der Waals surface area (Å²) >= 11 is 0. The molecule has 288 valence electrons. The minimum Gasteiger partial charge on any atom is -0.370 e. The molecule has 7 amide bonds.